The Labute approximate surface area is 144 Å². The van der Waals surface area contributed by atoms with Crippen molar-refractivity contribution in [3.8, 4) is 0 Å². The number of nitrogens with zero attached hydrogens (tertiary/aromatic N) is 1. The third kappa shape index (κ3) is 4.20. The maximum Gasteiger partial charge on any atom is 0.322 e. The van der Waals surface area contributed by atoms with Crippen molar-refractivity contribution < 1.29 is 13.4 Å². The van der Waals surface area contributed by atoms with Crippen molar-refractivity contribution in [3.05, 3.63) is 59.4 Å². The molecule has 0 saturated heterocycles. The van der Waals surface area contributed by atoms with Crippen molar-refractivity contribution in [3.63, 3.8) is 0 Å². The third-order valence-electron chi connectivity index (χ3n) is 4.04. The molecule has 4 nitrogen and oxygen atoms in total. The number of benzene rings is 2. The first-order valence-corrected chi connectivity index (χ1v) is 9.08. The van der Waals surface area contributed by atoms with E-state index < -0.39 is 16.6 Å². The summed E-state index contributed by atoms with van der Waals surface area (Å²) in [7, 11) is 0.651. The molecule has 0 aliphatic heterocycles. The number of amides is 2. The molecular formula is C18H21FN2O2S. The number of anilines is 1. The molecule has 0 unspecified atom stereocenters. The molecule has 2 aromatic carbocycles. The highest BCUT2D eigenvalue weighted by Gasteiger charge is 2.18. The zero-order valence-corrected chi connectivity index (χ0v) is 15.0. The van der Waals surface area contributed by atoms with E-state index in [0.29, 0.717) is 5.69 Å². The highest BCUT2D eigenvalue weighted by molar-refractivity contribution is 7.84. The van der Waals surface area contributed by atoms with Crippen LogP contribution in [0, 0.1) is 12.7 Å². The number of halogens is 1. The fourth-order valence-corrected chi connectivity index (χ4v) is 2.79. The number of aryl methyl sites for hydroxylation is 1. The van der Waals surface area contributed by atoms with E-state index in [0.717, 1.165) is 16.0 Å². The van der Waals surface area contributed by atoms with Gasteiger partial charge in [0.25, 0.3) is 0 Å². The van der Waals surface area contributed by atoms with Gasteiger partial charge in [-0.15, -0.1) is 0 Å². The number of rotatable bonds is 4. The lowest BCUT2D eigenvalue weighted by Crippen LogP contribution is -2.33. The van der Waals surface area contributed by atoms with E-state index in [9.17, 15) is 13.4 Å². The van der Waals surface area contributed by atoms with Crippen molar-refractivity contribution in [1.29, 1.82) is 0 Å². The van der Waals surface area contributed by atoms with E-state index >= 15 is 0 Å². The van der Waals surface area contributed by atoms with Gasteiger partial charge in [-0.3, -0.25) is 4.21 Å². The summed E-state index contributed by atoms with van der Waals surface area (Å²) in [6, 6.07) is 11.1. The normalized spacial score (nSPS) is 13.2. The Morgan fingerprint density at radius 3 is 2.42 bits per heavy atom. The zero-order chi connectivity index (χ0) is 17.9. The molecule has 1 N–H and O–H groups in total. The number of hydrogen-bond acceptors (Lipinski definition) is 2. The smallest absolute Gasteiger partial charge is 0.321 e. The minimum atomic E-state index is -1.03. The van der Waals surface area contributed by atoms with Gasteiger partial charge in [-0.2, -0.15) is 0 Å². The standard InChI is InChI=1S/C18H21FN2O2S/c1-12-5-8-15(19)11-17(12)20-18(22)21(3)13(2)14-6-9-16(10-7-14)24(4)23/h5-11,13H,1-4H3,(H,20,22)/t13-,24-/m1/s1. The van der Waals surface area contributed by atoms with Crippen molar-refractivity contribution in [2.75, 3.05) is 18.6 Å². The van der Waals surface area contributed by atoms with Crippen LogP contribution in [-0.2, 0) is 10.8 Å². The Kier molecular flexibility index (Phi) is 5.72. The summed E-state index contributed by atoms with van der Waals surface area (Å²) in [6.45, 7) is 3.71. The lowest BCUT2D eigenvalue weighted by atomic mass is 10.1. The Bertz CT molecular complexity index is 762. The van der Waals surface area contributed by atoms with Gasteiger partial charge in [0.05, 0.1) is 6.04 Å². The predicted molar refractivity (Wildman–Crippen MR) is 95.1 cm³/mol. The van der Waals surface area contributed by atoms with Crippen LogP contribution in [0.15, 0.2) is 47.4 Å². The van der Waals surface area contributed by atoms with Crippen LogP contribution in [0.3, 0.4) is 0 Å². The van der Waals surface area contributed by atoms with Gasteiger partial charge in [-0.25, -0.2) is 9.18 Å². The van der Waals surface area contributed by atoms with Gasteiger partial charge in [-0.05, 0) is 49.2 Å². The molecule has 128 valence electrons. The Morgan fingerprint density at radius 2 is 1.83 bits per heavy atom. The molecule has 6 heteroatoms. The molecule has 2 atom stereocenters. The summed E-state index contributed by atoms with van der Waals surface area (Å²) in [5.74, 6) is -0.394. The molecule has 2 rings (SSSR count). The minimum Gasteiger partial charge on any atom is -0.321 e. The van der Waals surface area contributed by atoms with Crippen LogP contribution >= 0.6 is 0 Å². The lowest BCUT2D eigenvalue weighted by Gasteiger charge is -2.26. The van der Waals surface area contributed by atoms with E-state index in [1.165, 1.54) is 12.1 Å². The number of carbonyl (C=O) groups excluding carboxylic acids is 1. The lowest BCUT2D eigenvalue weighted by molar-refractivity contribution is 0.208. The monoisotopic (exact) mass is 348 g/mol. The first-order valence-electron chi connectivity index (χ1n) is 7.53. The summed E-state index contributed by atoms with van der Waals surface area (Å²) < 4.78 is 24.8. The van der Waals surface area contributed by atoms with Gasteiger partial charge >= 0.3 is 6.03 Å². The number of carbonyl (C=O) groups is 1. The predicted octanol–water partition coefficient (Wildman–Crippen LogP) is 4.10. The van der Waals surface area contributed by atoms with Crippen LogP contribution < -0.4 is 5.32 Å². The topological polar surface area (TPSA) is 49.4 Å². The molecule has 0 radical (unpaired) electrons. The summed E-state index contributed by atoms with van der Waals surface area (Å²) >= 11 is 0. The molecule has 0 saturated carbocycles. The van der Waals surface area contributed by atoms with Gasteiger partial charge in [0.2, 0.25) is 0 Å². The van der Waals surface area contributed by atoms with Crippen molar-refractivity contribution in [1.82, 2.24) is 4.90 Å². The number of urea groups is 1. The van der Waals surface area contributed by atoms with Gasteiger partial charge in [0.15, 0.2) is 0 Å². The van der Waals surface area contributed by atoms with Crippen LogP contribution in [0.5, 0.6) is 0 Å². The SMILES string of the molecule is Cc1ccc(F)cc1NC(=O)N(C)[C@H](C)c1ccc([S@@](C)=O)cc1. The molecule has 0 aromatic heterocycles. The van der Waals surface area contributed by atoms with E-state index in [4.69, 9.17) is 0 Å². The molecule has 2 aromatic rings. The van der Waals surface area contributed by atoms with Gasteiger partial charge in [0, 0.05) is 34.7 Å². The van der Waals surface area contributed by atoms with Crippen LogP contribution in [0.4, 0.5) is 14.9 Å². The first kappa shape index (κ1) is 18.1. The van der Waals surface area contributed by atoms with E-state index in [1.54, 1.807) is 36.4 Å². The molecule has 0 heterocycles. The first-order chi connectivity index (χ1) is 11.3. The molecule has 24 heavy (non-hydrogen) atoms. The maximum absolute atomic E-state index is 13.3. The number of hydrogen-bond donors (Lipinski definition) is 1. The average molecular weight is 348 g/mol. The summed E-state index contributed by atoms with van der Waals surface area (Å²) in [5, 5.41) is 2.73. The largest absolute Gasteiger partial charge is 0.322 e. The second kappa shape index (κ2) is 7.57. The van der Waals surface area contributed by atoms with E-state index in [-0.39, 0.29) is 12.1 Å². The molecule has 0 spiro atoms. The Hall–Kier alpha value is -2.21. The average Bonchev–Trinajstić information content (AvgIpc) is 2.56. The van der Waals surface area contributed by atoms with Crippen LogP contribution in [0.1, 0.15) is 24.1 Å². The molecule has 0 aliphatic rings. The van der Waals surface area contributed by atoms with E-state index in [1.807, 2.05) is 26.0 Å². The van der Waals surface area contributed by atoms with Gasteiger partial charge < -0.3 is 10.2 Å². The molecule has 0 aliphatic carbocycles. The summed E-state index contributed by atoms with van der Waals surface area (Å²) in [4.78, 5) is 14.7. The molecule has 0 fully saturated rings. The third-order valence-corrected chi connectivity index (χ3v) is 4.97. The maximum atomic E-state index is 13.3. The quantitative estimate of drug-likeness (QED) is 0.904. The Morgan fingerprint density at radius 1 is 1.21 bits per heavy atom. The van der Waals surface area contributed by atoms with Crippen molar-refractivity contribution in [2.24, 2.45) is 0 Å². The van der Waals surface area contributed by atoms with Crippen LogP contribution in [0.25, 0.3) is 0 Å². The van der Waals surface area contributed by atoms with Crippen LogP contribution in [0.2, 0.25) is 0 Å². The Balaban J connectivity index is 2.11. The molecule has 2 amide bonds. The highest BCUT2D eigenvalue weighted by Crippen LogP contribution is 2.22. The van der Waals surface area contributed by atoms with Gasteiger partial charge in [0.1, 0.15) is 5.82 Å². The number of nitrogens with one attached hydrogen (secondary N) is 1. The second-order valence-corrected chi connectivity index (χ2v) is 7.08. The van der Waals surface area contributed by atoms with E-state index in [2.05, 4.69) is 5.32 Å². The molecular weight excluding hydrogens is 327 g/mol. The van der Waals surface area contributed by atoms with Crippen LogP contribution in [-0.4, -0.2) is 28.4 Å². The second-order valence-electron chi connectivity index (χ2n) is 5.70. The summed E-state index contributed by atoms with van der Waals surface area (Å²) in [6.07, 6.45) is 1.62. The minimum absolute atomic E-state index is 0.182. The summed E-state index contributed by atoms with van der Waals surface area (Å²) in [5.41, 5.74) is 2.18. The fraction of sp³-hybridized carbons (Fsp3) is 0.278. The zero-order valence-electron chi connectivity index (χ0n) is 14.2. The van der Waals surface area contributed by atoms with Crippen molar-refractivity contribution >= 4 is 22.5 Å². The van der Waals surface area contributed by atoms with Crippen molar-refractivity contribution in [2.45, 2.75) is 24.8 Å². The highest BCUT2D eigenvalue weighted by atomic mass is 32.2. The molecule has 0 bridgehead atoms. The van der Waals surface area contributed by atoms with Gasteiger partial charge in [-0.1, -0.05) is 18.2 Å². The fourth-order valence-electron chi connectivity index (χ4n) is 2.27.